The zero-order chi connectivity index (χ0) is 9.53. The first kappa shape index (κ1) is 9.02. The van der Waals surface area contributed by atoms with E-state index in [2.05, 4.69) is 19.9 Å². The van der Waals surface area contributed by atoms with Crippen molar-refractivity contribution in [2.45, 2.75) is 33.1 Å². The molecule has 2 bridgehead atoms. The van der Waals surface area contributed by atoms with Crippen LogP contribution in [0.5, 0.6) is 0 Å². The lowest BCUT2D eigenvalue weighted by atomic mass is 9.62. The lowest BCUT2D eigenvalue weighted by molar-refractivity contribution is -0.0946. The molecule has 0 radical (unpaired) electrons. The number of hydrogen-bond donors (Lipinski definition) is 0. The SMILES string of the molecule is C[C@]12CCC(COC1)[C@@]2(C)CC#N. The molecule has 2 heteroatoms. The van der Waals surface area contributed by atoms with Crippen molar-refractivity contribution in [2.24, 2.45) is 16.7 Å². The van der Waals surface area contributed by atoms with Gasteiger partial charge in [0, 0.05) is 13.0 Å². The summed E-state index contributed by atoms with van der Waals surface area (Å²) in [7, 11) is 0. The Morgan fingerprint density at radius 3 is 2.92 bits per heavy atom. The molecule has 1 aliphatic carbocycles. The van der Waals surface area contributed by atoms with E-state index in [-0.39, 0.29) is 10.8 Å². The van der Waals surface area contributed by atoms with E-state index in [1.54, 1.807) is 0 Å². The molecule has 2 rings (SSSR count). The molecular formula is C11H17NO. The zero-order valence-corrected chi connectivity index (χ0v) is 8.47. The molecule has 1 saturated carbocycles. The number of nitriles is 1. The number of rotatable bonds is 1. The van der Waals surface area contributed by atoms with Crippen LogP contribution < -0.4 is 0 Å². The van der Waals surface area contributed by atoms with Crippen LogP contribution in [0.3, 0.4) is 0 Å². The Labute approximate surface area is 79.9 Å². The predicted octanol–water partition coefficient (Wildman–Crippen LogP) is 2.35. The van der Waals surface area contributed by atoms with E-state index < -0.39 is 0 Å². The molecule has 1 aliphatic heterocycles. The van der Waals surface area contributed by atoms with Gasteiger partial charge in [-0.05, 0) is 29.6 Å². The van der Waals surface area contributed by atoms with Gasteiger partial charge < -0.3 is 4.74 Å². The van der Waals surface area contributed by atoms with Gasteiger partial charge in [-0.15, -0.1) is 0 Å². The maximum Gasteiger partial charge on any atom is 0.0627 e. The van der Waals surface area contributed by atoms with Crippen LogP contribution in [0.2, 0.25) is 0 Å². The first-order valence-electron chi connectivity index (χ1n) is 5.07. The second-order valence-electron chi connectivity index (χ2n) is 5.06. The molecule has 0 N–H and O–H groups in total. The second-order valence-corrected chi connectivity index (χ2v) is 5.06. The van der Waals surface area contributed by atoms with Gasteiger partial charge in [-0.3, -0.25) is 0 Å². The van der Waals surface area contributed by atoms with Gasteiger partial charge >= 0.3 is 0 Å². The molecule has 1 unspecified atom stereocenters. The lowest BCUT2D eigenvalue weighted by Gasteiger charge is -2.46. The van der Waals surface area contributed by atoms with Gasteiger partial charge in [-0.1, -0.05) is 13.8 Å². The summed E-state index contributed by atoms with van der Waals surface area (Å²) >= 11 is 0. The van der Waals surface area contributed by atoms with Crippen LogP contribution in [-0.2, 0) is 4.74 Å². The maximum absolute atomic E-state index is 8.87. The second kappa shape index (κ2) is 2.72. The molecule has 2 aliphatic rings. The van der Waals surface area contributed by atoms with Crippen molar-refractivity contribution in [3.63, 3.8) is 0 Å². The predicted molar refractivity (Wildman–Crippen MR) is 50.0 cm³/mol. The van der Waals surface area contributed by atoms with Crippen LogP contribution >= 0.6 is 0 Å². The third-order valence-corrected chi connectivity index (χ3v) is 4.51. The molecule has 2 nitrogen and oxygen atoms in total. The standard InChI is InChI=1S/C11H17NO/c1-10-4-3-9(7-13-8-10)11(10,2)5-6-12/h9H,3-5,7-8H2,1-2H3/t9?,10-,11+/m0/s1. The molecule has 0 aromatic rings. The summed E-state index contributed by atoms with van der Waals surface area (Å²) in [6.07, 6.45) is 3.17. The molecular weight excluding hydrogens is 162 g/mol. The highest BCUT2D eigenvalue weighted by Gasteiger charge is 2.56. The number of nitrogens with zero attached hydrogens (tertiary/aromatic N) is 1. The molecule has 0 aromatic heterocycles. The Bertz CT molecular complexity index is 253. The Morgan fingerprint density at radius 2 is 2.31 bits per heavy atom. The summed E-state index contributed by atoms with van der Waals surface area (Å²) in [4.78, 5) is 0. The Morgan fingerprint density at radius 1 is 1.54 bits per heavy atom. The van der Waals surface area contributed by atoms with Gasteiger partial charge in [0.15, 0.2) is 0 Å². The molecule has 72 valence electrons. The van der Waals surface area contributed by atoms with Gasteiger partial charge in [-0.25, -0.2) is 0 Å². The minimum atomic E-state index is 0.208. The van der Waals surface area contributed by atoms with Crippen molar-refractivity contribution in [1.82, 2.24) is 0 Å². The monoisotopic (exact) mass is 179 g/mol. The molecule has 13 heavy (non-hydrogen) atoms. The topological polar surface area (TPSA) is 33.0 Å². The average molecular weight is 179 g/mol. The minimum Gasteiger partial charge on any atom is -0.381 e. The van der Waals surface area contributed by atoms with Crippen molar-refractivity contribution in [2.75, 3.05) is 13.2 Å². The van der Waals surface area contributed by atoms with Crippen molar-refractivity contribution in [1.29, 1.82) is 5.26 Å². The van der Waals surface area contributed by atoms with Crippen molar-refractivity contribution < 1.29 is 4.74 Å². The van der Waals surface area contributed by atoms with Crippen molar-refractivity contribution in [3.05, 3.63) is 0 Å². The van der Waals surface area contributed by atoms with Gasteiger partial charge in [0.2, 0.25) is 0 Å². The highest BCUT2D eigenvalue weighted by molar-refractivity contribution is 5.07. The largest absolute Gasteiger partial charge is 0.381 e. The van der Waals surface area contributed by atoms with E-state index in [1.165, 1.54) is 12.8 Å². The van der Waals surface area contributed by atoms with Crippen LogP contribution in [0, 0.1) is 28.1 Å². The van der Waals surface area contributed by atoms with E-state index in [4.69, 9.17) is 10.00 Å². The van der Waals surface area contributed by atoms with Crippen LogP contribution in [0.4, 0.5) is 0 Å². The average Bonchev–Trinajstić information content (AvgIpc) is 2.25. The van der Waals surface area contributed by atoms with E-state index >= 15 is 0 Å². The minimum absolute atomic E-state index is 0.208. The third kappa shape index (κ3) is 1.03. The van der Waals surface area contributed by atoms with E-state index in [9.17, 15) is 0 Å². The number of ether oxygens (including phenoxy) is 1. The Balaban J connectivity index is 2.31. The fourth-order valence-corrected chi connectivity index (χ4v) is 3.04. The molecule has 2 fully saturated rings. The van der Waals surface area contributed by atoms with Crippen molar-refractivity contribution in [3.8, 4) is 6.07 Å². The Hall–Kier alpha value is -0.550. The first-order valence-corrected chi connectivity index (χ1v) is 5.07. The molecule has 0 amide bonds. The van der Waals surface area contributed by atoms with Gasteiger partial charge in [0.05, 0.1) is 12.7 Å². The smallest absolute Gasteiger partial charge is 0.0627 e. The van der Waals surface area contributed by atoms with Crippen molar-refractivity contribution >= 4 is 0 Å². The summed E-state index contributed by atoms with van der Waals surface area (Å²) in [5.41, 5.74) is 0.464. The van der Waals surface area contributed by atoms with Crippen LogP contribution in [0.15, 0.2) is 0 Å². The number of hydrogen-bond acceptors (Lipinski definition) is 2. The van der Waals surface area contributed by atoms with E-state index in [0.29, 0.717) is 12.3 Å². The van der Waals surface area contributed by atoms with Gasteiger partial charge in [-0.2, -0.15) is 5.26 Å². The molecule has 0 spiro atoms. The van der Waals surface area contributed by atoms with E-state index in [0.717, 1.165) is 13.2 Å². The van der Waals surface area contributed by atoms with Crippen LogP contribution in [-0.4, -0.2) is 13.2 Å². The summed E-state index contributed by atoms with van der Waals surface area (Å²) in [6, 6.07) is 2.35. The lowest BCUT2D eigenvalue weighted by Crippen LogP contribution is -2.45. The molecule has 0 aromatic carbocycles. The Kier molecular flexibility index (Phi) is 1.89. The van der Waals surface area contributed by atoms with E-state index in [1.807, 2.05) is 0 Å². The maximum atomic E-state index is 8.87. The fourth-order valence-electron chi connectivity index (χ4n) is 3.04. The fraction of sp³-hybridized carbons (Fsp3) is 0.909. The molecule has 1 heterocycles. The third-order valence-electron chi connectivity index (χ3n) is 4.51. The highest BCUT2D eigenvalue weighted by Crippen LogP contribution is 2.60. The van der Waals surface area contributed by atoms with Gasteiger partial charge in [0.1, 0.15) is 0 Å². The quantitative estimate of drug-likeness (QED) is 0.619. The summed E-state index contributed by atoms with van der Waals surface area (Å²) in [5, 5.41) is 8.87. The summed E-state index contributed by atoms with van der Waals surface area (Å²) in [6.45, 7) is 6.27. The van der Waals surface area contributed by atoms with Crippen LogP contribution in [0.1, 0.15) is 33.1 Å². The summed E-state index contributed by atoms with van der Waals surface area (Å²) in [5.74, 6) is 0.617. The molecule has 1 saturated heterocycles. The first-order chi connectivity index (χ1) is 6.12. The summed E-state index contributed by atoms with van der Waals surface area (Å²) < 4.78 is 5.59. The normalized spacial score (nSPS) is 48.8. The number of fused-ring (bicyclic) bond motifs is 2. The van der Waals surface area contributed by atoms with Crippen LogP contribution in [0.25, 0.3) is 0 Å². The molecule has 3 atom stereocenters. The zero-order valence-electron chi connectivity index (χ0n) is 8.47. The highest BCUT2D eigenvalue weighted by atomic mass is 16.5. The van der Waals surface area contributed by atoms with Gasteiger partial charge in [0.25, 0.3) is 0 Å².